The number of carbonyl (C=O) groups is 1. The fourth-order valence-electron chi connectivity index (χ4n) is 4.44. The molecule has 1 spiro atoms. The SMILES string of the molecule is COc1ccc2c3c1OC1C(=O)C=CC(O)C31CCN(C)C(C)C2. The van der Waals surface area contributed by atoms with Crippen molar-refractivity contribution < 1.29 is 19.4 Å². The molecule has 0 fully saturated rings. The van der Waals surface area contributed by atoms with E-state index < -0.39 is 17.6 Å². The van der Waals surface area contributed by atoms with Crippen LogP contribution in [-0.4, -0.2) is 54.7 Å². The van der Waals surface area contributed by atoms with Gasteiger partial charge in [-0.05, 0) is 51.1 Å². The number of aliphatic hydroxyl groups excluding tert-OH is 1. The van der Waals surface area contributed by atoms with Crippen molar-refractivity contribution in [2.75, 3.05) is 20.7 Å². The highest BCUT2D eigenvalue weighted by atomic mass is 16.5. The van der Waals surface area contributed by atoms with Crippen LogP contribution in [0.15, 0.2) is 24.3 Å². The lowest BCUT2D eigenvalue weighted by Gasteiger charge is -2.42. The summed E-state index contributed by atoms with van der Waals surface area (Å²) in [5.74, 6) is 1.18. The Hall–Kier alpha value is -1.85. The van der Waals surface area contributed by atoms with Crippen LogP contribution < -0.4 is 9.47 Å². The Morgan fingerprint density at radius 2 is 2.21 bits per heavy atom. The molecule has 0 saturated carbocycles. The van der Waals surface area contributed by atoms with Crippen LogP contribution in [0.1, 0.15) is 24.5 Å². The number of hydrogen-bond acceptors (Lipinski definition) is 5. The average molecular weight is 329 g/mol. The molecule has 3 aliphatic rings. The van der Waals surface area contributed by atoms with Gasteiger partial charge in [-0.1, -0.05) is 12.1 Å². The van der Waals surface area contributed by atoms with E-state index in [1.165, 1.54) is 6.08 Å². The third-order valence-corrected chi connectivity index (χ3v) is 5.97. The predicted molar refractivity (Wildman–Crippen MR) is 89.7 cm³/mol. The lowest BCUT2D eigenvalue weighted by molar-refractivity contribution is -0.126. The van der Waals surface area contributed by atoms with Gasteiger partial charge in [0.05, 0.1) is 18.6 Å². The van der Waals surface area contributed by atoms with Gasteiger partial charge in [0.25, 0.3) is 0 Å². The Kier molecular flexibility index (Phi) is 3.48. The monoisotopic (exact) mass is 329 g/mol. The molecule has 5 heteroatoms. The summed E-state index contributed by atoms with van der Waals surface area (Å²) >= 11 is 0. The summed E-state index contributed by atoms with van der Waals surface area (Å²) in [6, 6.07) is 4.33. The number of methoxy groups -OCH3 is 1. The van der Waals surface area contributed by atoms with Gasteiger partial charge in [-0.2, -0.15) is 0 Å². The van der Waals surface area contributed by atoms with E-state index in [0.29, 0.717) is 24.0 Å². The maximum absolute atomic E-state index is 12.6. The second kappa shape index (κ2) is 5.33. The van der Waals surface area contributed by atoms with Crippen molar-refractivity contribution in [3.8, 4) is 11.5 Å². The Labute approximate surface area is 141 Å². The molecule has 1 aromatic carbocycles. The van der Waals surface area contributed by atoms with Gasteiger partial charge in [-0.3, -0.25) is 4.79 Å². The maximum atomic E-state index is 12.6. The minimum absolute atomic E-state index is 0.0826. The average Bonchev–Trinajstić information content (AvgIpc) is 2.93. The third kappa shape index (κ3) is 1.91. The summed E-state index contributed by atoms with van der Waals surface area (Å²) < 4.78 is 11.6. The number of likely N-dealkylation sites (N-methyl/N-ethyl adjacent to an activating group) is 1. The Morgan fingerprint density at radius 3 is 2.96 bits per heavy atom. The second-order valence-corrected chi connectivity index (χ2v) is 7.16. The van der Waals surface area contributed by atoms with Gasteiger partial charge >= 0.3 is 0 Å². The van der Waals surface area contributed by atoms with Crippen molar-refractivity contribution in [1.29, 1.82) is 0 Å². The summed E-state index contributed by atoms with van der Waals surface area (Å²) in [6.45, 7) is 3.00. The third-order valence-electron chi connectivity index (χ3n) is 5.97. The molecule has 0 aromatic heterocycles. The number of aliphatic hydroxyl groups is 1. The van der Waals surface area contributed by atoms with Crippen LogP contribution in [-0.2, 0) is 16.6 Å². The molecule has 2 heterocycles. The zero-order valence-corrected chi connectivity index (χ0v) is 14.3. The van der Waals surface area contributed by atoms with Crippen molar-refractivity contribution in [2.45, 2.75) is 43.4 Å². The molecular formula is C19H23NO4. The smallest absolute Gasteiger partial charge is 0.196 e. The Balaban J connectivity index is 1.99. The lowest BCUT2D eigenvalue weighted by Crippen LogP contribution is -2.55. The molecule has 4 unspecified atom stereocenters. The molecule has 128 valence electrons. The zero-order valence-electron chi connectivity index (χ0n) is 14.3. The molecule has 24 heavy (non-hydrogen) atoms. The molecule has 1 aromatic rings. The topological polar surface area (TPSA) is 59.0 Å². The van der Waals surface area contributed by atoms with E-state index >= 15 is 0 Å². The molecule has 2 aliphatic heterocycles. The lowest BCUT2D eigenvalue weighted by atomic mass is 9.64. The Morgan fingerprint density at radius 1 is 1.42 bits per heavy atom. The van der Waals surface area contributed by atoms with Crippen LogP contribution in [0.2, 0.25) is 0 Å². The van der Waals surface area contributed by atoms with Gasteiger partial charge in [0, 0.05) is 11.6 Å². The first-order valence-corrected chi connectivity index (χ1v) is 8.46. The summed E-state index contributed by atoms with van der Waals surface area (Å²) in [6.07, 6.45) is 3.17. The molecular weight excluding hydrogens is 306 g/mol. The molecule has 1 N–H and O–H groups in total. The fraction of sp³-hybridized carbons (Fsp3) is 0.526. The van der Waals surface area contributed by atoms with Crippen molar-refractivity contribution >= 4 is 5.78 Å². The van der Waals surface area contributed by atoms with Crippen molar-refractivity contribution in [3.63, 3.8) is 0 Å². The number of ketones is 1. The highest BCUT2D eigenvalue weighted by molar-refractivity contribution is 5.98. The maximum Gasteiger partial charge on any atom is 0.196 e. The first-order valence-electron chi connectivity index (χ1n) is 8.46. The summed E-state index contributed by atoms with van der Waals surface area (Å²) in [5, 5.41) is 10.9. The minimum Gasteiger partial charge on any atom is -0.493 e. The largest absolute Gasteiger partial charge is 0.493 e. The first-order chi connectivity index (χ1) is 11.5. The van der Waals surface area contributed by atoms with Crippen LogP contribution in [0.4, 0.5) is 0 Å². The molecule has 0 radical (unpaired) electrons. The molecule has 0 amide bonds. The van der Waals surface area contributed by atoms with E-state index in [-0.39, 0.29) is 5.78 Å². The second-order valence-electron chi connectivity index (χ2n) is 7.16. The predicted octanol–water partition coefficient (Wildman–Crippen LogP) is 1.46. The molecule has 1 aliphatic carbocycles. The normalized spacial score (nSPS) is 34.8. The minimum atomic E-state index is -0.742. The molecule has 0 bridgehead atoms. The van der Waals surface area contributed by atoms with Crippen LogP contribution in [0.3, 0.4) is 0 Å². The van der Waals surface area contributed by atoms with Crippen LogP contribution in [0, 0.1) is 0 Å². The zero-order chi connectivity index (χ0) is 17.1. The van der Waals surface area contributed by atoms with E-state index in [2.05, 4.69) is 24.9 Å². The first kappa shape index (κ1) is 15.7. The van der Waals surface area contributed by atoms with Crippen molar-refractivity contribution in [1.82, 2.24) is 4.90 Å². The van der Waals surface area contributed by atoms with Gasteiger partial charge < -0.3 is 19.5 Å². The van der Waals surface area contributed by atoms with Crippen LogP contribution in [0.25, 0.3) is 0 Å². The highest BCUT2D eigenvalue weighted by Gasteiger charge is 2.59. The summed E-state index contributed by atoms with van der Waals surface area (Å²) in [4.78, 5) is 14.8. The number of carbonyl (C=O) groups excluding carboxylic acids is 1. The molecule has 4 rings (SSSR count). The van der Waals surface area contributed by atoms with Crippen LogP contribution >= 0.6 is 0 Å². The Bertz CT molecular complexity index is 728. The quantitative estimate of drug-likeness (QED) is 0.845. The van der Waals surface area contributed by atoms with Crippen LogP contribution in [0.5, 0.6) is 11.5 Å². The molecule has 0 saturated heterocycles. The highest BCUT2D eigenvalue weighted by Crippen LogP contribution is 2.55. The number of ether oxygens (including phenoxy) is 2. The van der Waals surface area contributed by atoms with E-state index in [1.54, 1.807) is 13.2 Å². The van der Waals surface area contributed by atoms with E-state index in [9.17, 15) is 9.90 Å². The number of benzene rings is 1. The van der Waals surface area contributed by atoms with Gasteiger partial charge in [0.15, 0.2) is 23.4 Å². The van der Waals surface area contributed by atoms with Gasteiger partial charge in [0.2, 0.25) is 0 Å². The van der Waals surface area contributed by atoms with Gasteiger partial charge in [-0.15, -0.1) is 0 Å². The molecule has 5 nitrogen and oxygen atoms in total. The number of hydrogen-bond donors (Lipinski definition) is 1. The fourth-order valence-corrected chi connectivity index (χ4v) is 4.44. The van der Waals surface area contributed by atoms with E-state index in [4.69, 9.17) is 9.47 Å². The van der Waals surface area contributed by atoms with E-state index in [0.717, 1.165) is 24.1 Å². The van der Waals surface area contributed by atoms with Crippen molar-refractivity contribution in [2.24, 2.45) is 0 Å². The van der Waals surface area contributed by atoms with Crippen molar-refractivity contribution in [3.05, 3.63) is 35.4 Å². The number of rotatable bonds is 1. The molecule has 4 atom stereocenters. The standard InChI is InChI=1S/C19H23NO4/c1-11-10-12-4-6-14(23-3)17-16(12)19(8-9-20(11)2)15(22)7-5-13(21)18(19)24-17/h4-7,11,15,18,22H,8-10H2,1-3H3. The summed E-state index contributed by atoms with van der Waals surface area (Å²) in [5.41, 5.74) is 1.38. The van der Waals surface area contributed by atoms with E-state index in [1.807, 2.05) is 6.07 Å². The van der Waals surface area contributed by atoms with Gasteiger partial charge in [-0.25, -0.2) is 0 Å². The van der Waals surface area contributed by atoms with Gasteiger partial charge in [0.1, 0.15) is 0 Å². The number of nitrogens with zero attached hydrogens (tertiary/aromatic N) is 1. The summed E-state index contributed by atoms with van der Waals surface area (Å²) in [7, 11) is 3.69.